The van der Waals surface area contributed by atoms with E-state index in [4.69, 9.17) is 0 Å². The molecule has 0 aromatic carbocycles. The zero-order chi connectivity index (χ0) is 10.1. The summed E-state index contributed by atoms with van der Waals surface area (Å²) in [5, 5.41) is 3.43. The molecule has 14 heavy (non-hydrogen) atoms. The van der Waals surface area contributed by atoms with Crippen LogP contribution in [-0.4, -0.2) is 7.05 Å². The minimum absolute atomic E-state index is 0.552. The Morgan fingerprint density at radius 1 is 1.50 bits per heavy atom. The molecule has 1 atom stereocenters. The van der Waals surface area contributed by atoms with E-state index in [-0.39, 0.29) is 0 Å². The van der Waals surface area contributed by atoms with Crippen molar-refractivity contribution in [2.75, 3.05) is 7.05 Å². The summed E-state index contributed by atoms with van der Waals surface area (Å²) in [7, 11) is 2.06. The predicted molar refractivity (Wildman–Crippen MR) is 68.9 cm³/mol. The van der Waals surface area contributed by atoms with Crippen LogP contribution < -0.4 is 5.32 Å². The molecule has 1 heterocycles. The van der Waals surface area contributed by atoms with Gasteiger partial charge in [0.25, 0.3) is 0 Å². The molecule has 0 bridgehead atoms. The number of thiophene rings is 1. The molecule has 1 aliphatic rings. The molecule has 1 N–H and O–H groups in total. The Kier molecular flexibility index (Phi) is 3.68. The first-order valence-electron chi connectivity index (χ1n) is 4.84. The summed E-state index contributed by atoms with van der Waals surface area (Å²) < 4.78 is 2.38. The Morgan fingerprint density at radius 3 is 2.57 bits per heavy atom. The summed E-state index contributed by atoms with van der Waals surface area (Å²) >= 11 is 8.92. The Hall–Kier alpha value is 0.620. The minimum atomic E-state index is 0.552. The van der Waals surface area contributed by atoms with Crippen LogP contribution >= 0.6 is 43.2 Å². The second kappa shape index (κ2) is 4.64. The maximum absolute atomic E-state index is 3.55. The van der Waals surface area contributed by atoms with E-state index in [0.29, 0.717) is 6.04 Å². The molecule has 1 aromatic rings. The van der Waals surface area contributed by atoms with E-state index in [0.717, 1.165) is 5.92 Å². The number of hydrogen-bond acceptors (Lipinski definition) is 2. The lowest BCUT2D eigenvalue weighted by molar-refractivity contribution is 0.242. The van der Waals surface area contributed by atoms with E-state index < -0.39 is 0 Å². The summed E-state index contributed by atoms with van der Waals surface area (Å²) in [6, 6.07) is 2.78. The molecule has 1 aromatic heterocycles. The number of halogens is 2. The van der Waals surface area contributed by atoms with Crippen LogP contribution in [0.4, 0.5) is 0 Å². The van der Waals surface area contributed by atoms with Crippen LogP contribution in [0.1, 0.15) is 30.2 Å². The second-order valence-electron chi connectivity index (χ2n) is 3.73. The number of rotatable bonds is 3. The van der Waals surface area contributed by atoms with E-state index in [2.05, 4.69) is 50.3 Å². The standard InChI is InChI=1S/C10H13Br2NS/c1-13-9(6-3-2-4-6)8-5-7(11)10(12)14-8/h5-6,9,13H,2-4H2,1H3. The van der Waals surface area contributed by atoms with Crippen molar-refractivity contribution < 1.29 is 0 Å². The molecule has 1 unspecified atom stereocenters. The normalized spacial score (nSPS) is 19.4. The average molecular weight is 339 g/mol. The van der Waals surface area contributed by atoms with Crippen molar-refractivity contribution in [1.82, 2.24) is 5.32 Å². The topological polar surface area (TPSA) is 12.0 Å². The van der Waals surface area contributed by atoms with Crippen molar-refractivity contribution >= 4 is 43.2 Å². The van der Waals surface area contributed by atoms with Gasteiger partial charge in [0.05, 0.1) is 3.79 Å². The molecule has 0 spiro atoms. The van der Waals surface area contributed by atoms with Gasteiger partial charge in [0.2, 0.25) is 0 Å². The highest BCUT2D eigenvalue weighted by atomic mass is 79.9. The summed E-state index contributed by atoms with van der Waals surface area (Å²) in [6.45, 7) is 0. The Morgan fingerprint density at radius 2 is 2.21 bits per heavy atom. The molecular formula is C10H13Br2NS. The molecule has 0 radical (unpaired) electrons. The molecular weight excluding hydrogens is 326 g/mol. The smallest absolute Gasteiger partial charge is 0.0843 e. The Bertz CT molecular complexity index is 300. The fourth-order valence-corrected chi connectivity index (χ4v) is 4.19. The third-order valence-electron chi connectivity index (χ3n) is 2.90. The van der Waals surface area contributed by atoms with Gasteiger partial charge >= 0.3 is 0 Å². The van der Waals surface area contributed by atoms with Crippen molar-refractivity contribution in [2.24, 2.45) is 5.92 Å². The van der Waals surface area contributed by atoms with E-state index in [1.807, 2.05) is 11.3 Å². The van der Waals surface area contributed by atoms with Gasteiger partial charge in [0.15, 0.2) is 0 Å². The zero-order valence-corrected chi connectivity index (χ0v) is 12.0. The zero-order valence-electron chi connectivity index (χ0n) is 8.02. The first-order valence-corrected chi connectivity index (χ1v) is 7.24. The van der Waals surface area contributed by atoms with E-state index in [9.17, 15) is 0 Å². The Balaban J connectivity index is 2.17. The predicted octanol–water partition coefficient (Wildman–Crippen LogP) is 4.33. The molecule has 1 saturated carbocycles. The molecule has 1 aliphatic carbocycles. The van der Waals surface area contributed by atoms with Gasteiger partial charge in [-0.05, 0) is 63.7 Å². The molecule has 4 heteroatoms. The minimum Gasteiger partial charge on any atom is -0.312 e. The fourth-order valence-electron chi connectivity index (χ4n) is 1.90. The lowest BCUT2D eigenvalue weighted by Crippen LogP contribution is -2.29. The van der Waals surface area contributed by atoms with Crippen LogP contribution in [-0.2, 0) is 0 Å². The largest absolute Gasteiger partial charge is 0.312 e. The summed E-state index contributed by atoms with van der Waals surface area (Å²) in [5.74, 6) is 0.845. The van der Waals surface area contributed by atoms with Gasteiger partial charge in [-0.3, -0.25) is 0 Å². The first-order chi connectivity index (χ1) is 6.72. The van der Waals surface area contributed by atoms with Crippen molar-refractivity contribution in [1.29, 1.82) is 0 Å². The Labute approximate surface area is 106 Å². The number of nitrogens with one attached hydrogen (secondary N) is 1. The summed E-state index contributed by atoms with van der Waals surface area (Å²) in [6.07, 6.45) is 4.15. The third kappa shape index (κ3) is 2.08. The molecule has 1 fully saturated rings. The molecule has 0 aliphatic heterocycles. The van der Waals surface area contributed by atoms with Gasteiger partial charge in [-0.15, -0.1) is 11.3 Å². The highest BCUT2D eigenvalue weighted by Crippen LogP contribution is 2.43. The van der Waals surface area contributed by atoms with Crippen LogP contribution in [0.3, 0.4) is 0 Å². The van der Waals surface area contributed by atoms with Crippen molar-refractivity contribution in [3.05, 3.63) is 19.2 Å². The van der Waals surface area contributed by atoms with E-state index >= 15 is 0 Å². The lowest BCUT2D eigenvalue weighted by Gasteiger charge is -2.32. The van der Waals surface area contributed by atoms with Crippen LogP contribution in [0, 0.1) is 5.92 Å². The van der Waals surface area contributed by atoms with Crippen LogP contribution in [0.25, 0.3) is 0 Å². The lowest BCUT2D eigenvalue weighted by atomic mass is 9.79. The van der Waals surface area contributed by atoms with E-state index in [1.165, 1.54) is 32.4 Å². The van der Waals surface area contributed by atoms with Gasteiger partial charge in [-0.1, -0.05) is 6.42 Å². The quantitative estimate of drug-likeness (QED) is 0.864. The van der Waals surface area contributed by atoms with Crippen LogP contribution in [0.5, 0.6) is 0 Å². The maximum Gasteiger partial charge on any atom is 0.0843 e. The highest BCUT2D eigenvalue weighted by molar-refractivity contribution is 9.13. The van der Waals surface area contributed by atoms with Gasteiger partial charge in [-0.25, -0.2) is 0 Å². The highest BCUT2D eigenvalue weighted by Gasteiger charge is 2.28. The second-order valence-corrected chi connectivity index (χ2v) is 6.98. The summed E-state index contributed by atoms with van der Waals surface area (Å²) in [5.41, 5.74) is 0. The van der Waals surface area contributed by atoms with Gasteiger partial charge in [0.1, 0.15) is 0 Å². The monoisotopic (exact) mass is 337 g/mol. The first kappa shape index (κ1) is 11.1. The van der Waals surface area contributed by atoms with Crippen molar-refractivity contribution in [2.45, 2.75) is 25.3 Å². The average Bonchev–Trinajstić information content (AvgIpc) is 2.39. The molecule has 78 valence electrons. The van der Waals surface area contributed by atoms with Crippen molar-refractivity contribution in [3.8, 4) is 0 Å². The van der Waals surface area contributed by atoms with Crippen molar-refractivity contribution in [3.63, 3.8) is 0 Å². The number of hydrogen-bond donors (Lipinski definition) is 1. The SMILES string of the molecule is CNC(c1cc(Br)c(Br)s1)C1CCC1. The van der Waals surface area contributed by atoms with Gasteiger partial charge in [-0.2, -0.15) is 0 Å². The van der Waals surface area contributed by atoms with Crippen LogP contribution in [0.2, 0.25) is 0 Å². The summed E-state index contributed by atoms with van der Waals surface area (Å²) in [4.78, 5) is 1.44. The van der Waals surface area contributed by atoms with Crippen LogP contribution in [0.15, 0.2) is 14.3 Å². The fraction of sp³-hybridized carbons (Fsp3) is 0.600. The van der Waals surface area contributed by atoms with Gasteiger partial charge in [0, 0.05) is 15.4 Å². The maximum atomic E-state index is 3.55. The van der Waals surface area contributed by atoms with E-state index in [1.54, 1.807) is 0 Å². The molecule has 0 saturated heterocycles. The molecule has 0 amide bonds. The van der Waals surface area contributed by atoms with Gasteiger partial charge < -0.3 is 5.32 Å². The molecule has 2 rings (SSSR count). The third-order valence-corrected chi connectivity index (χ3v) is 6.24. The molecule has 1 nitrogen and oxygen atoms in total.